The van der Waals surface area contributed by atoms with Crippen molar-refractivity contribution >= 4 is 28.7 Å². The summed E-state index contributed by atoms with van der Waals surface area (Å²) in [6, 6.07) is 12.0. The molecule has 0 aliphatic carbocycles. The summed E-state index contributed by atoms with van der Waals surface area (Å²) >= 11 is 1.18. The van der Waals surface area contributed by atoms with Crippen LogP contribution in [0.5, 0.6) is 5.88 Å². The molecule has 192 valence electrons. The quantitative estimate of drug-likeness (QED) is 0.243. The molecule has 0 amide bonds. The van der Waals surface area contributed by atoms with Gasteiger partial charge in [0.15, 0.2) is 0 Å². The van der Waals surface area contributed by atoms with Gasteiger partial charge in [-0.05, 0) is 36.4 Å². The fourth-order valence-electron chi connectivity index (χ4n) is 4.20. The summed E-state index contributed by atoms with van der Waals surface area (Å²) in [4.78, 5) is 29.7. The number of nitro groups is 1. The van der Waals surface area contributed by atoms with Gasteiger partial charge in [0.2, 0.25) is 11.6 Å². The molecular formula is C26H20N4O7S. The highest BCUT2D eigenvalue weighted by molar-refractivity contribution is 7.08. The van der Waals surface area contributed by atoms with E-state index in [0.717, 1.165) is 5.69 Å². The number of pyridine rings is 1. The molecule has 1 aliphatic heterocycles. The average Bonchev–Trinajstić information content (AvgIpc) is 3.61. The Labute approximate surface area is 220 Å². The van der Waals surface area contributed by atoms with Crippen molar-refractivity contribution in [1.29, 1.82) is 5.26 Å². The van der Waals surface area contributed by atoms with Gasteiger partial charge in [-0.3, -0.25) is 10.1 Å². The Kier molecular flexibility index (Phi) is 7.03. The summed E-state index contributed by atoms with van der Waals surface area (Å²) in [5.41, 5.74) is 2.70. The number of benzene rings is 1. The number of thiophene rings is 1. The van der Waals surface area contributed by atoms with Crippen molar-refractivity contribution in [2.24, 2.45) is 0 Å². The molecule has 3 aromatic heterocycles. The Hall–Kier alpha value is -4.73. The third kappa shape index (κ3) is 4.93. The highest BCUT2D eigenvalue weighted by atomic mass is 32.1. The molecule has 0 saturated carbocycles. The molecule has 0 spiro atoms. The van der Waals surface area contributed by atoms with Crippen LogP contribution in [0.4, 0.5) is 11.4 Å². The molecule has 1 N–H and O–H groups in total. The van der Waals surface area contributed by atoms with Crippen LogP contribution in [0.2, 0.25) is 0 Å². The maximum absolute atomic E-state index is 12.2. The predicted octanol–water partition coefficient (Wildman–Crippen LogP) is 4.96. The smallest absolute Gasteiger partial charge is 0.336 e. The number of aromatic carboxylic acids is 1. The second-order valence-corrected chi connectivity index (χ2v) is 9.03. The zero-order valence-corrected chi connectivity index (χ0v) is 20.6. The number of nitriles is 1. The number of furan rings is 1. The van der Waals surface area contributed by atoms with E-state index in [1.165, 1.54) is 23.0 Å². The van der Waals surface area contributed by atoms with Crippen LogP contribution >= 0.6 is 11.3 Å². The lowest BCUT2D eigenvalue weighted by molar-refractivity contribution is -0.385. The summed E-state index contributed by atoms with van der Waals surface area (Å²) in [6.07, 6.45) is 1.36. The summed E-state index contributed by atoms with van der Waals surface area (Å²) in [6.45, 7) is 2.29. The lowest BCUT2D eigenvalue weighted by Crippen LogP contribution is -2.36. The van der Waals surface area contributed by atoms with Crippen LogP contribution < -0.4 is 9.64 Å². The highest BCUT2D eigenvalue weighted by Crippen LogP contribution is 2.36. The number of aromatic nitrogens is 1. The first-order valence-corrected chi connectivity index (χ1v) is 12.4. The van der Waals surface area contributed by atoms with Gasteiger partial charge >= 0.3 is 5.97 Å². The molecule has 1 aliphatic rings. The Balaban J connectivity index is 1.56. The Morgan fingerprint density at radius 3 is 2.71 bits per heavy atom. The zero-order chi connectivity index (χ0) is 26.6. The van der Waals surface area contributed by atoms with Crippen LogP contribution in [-0.2, 0) is 11.3 Å². The standard InChI is InChI=1S/C26H20N4O7S/c27-12-24-19(5-8-36-24)20-3-4-22(28-25(20)37-13-16-14-38-15-23(16)30(33)34)18-2-1-17(11-21(18)26(31)32)29-6-9-35-10-7-29/h1-5,8,11,14-15H,6-7,9-10,13H2,(H,31,32). The van der Waals surface area contributed by atoms with Gasteiger partial charge in [0.1, 0.15) is 12.7 Å². The van der Waals surface area contributed by atoms with Crippen LogP contribution in [0.25, 0.3) is 22.4 Å². The minimum Gasteiger partial charge on any atom is -0.478 e. The van der Waals surface area contributed by atoms with E-state index in [0.29, 0.717) is 54.3 Å². The zero-order valence-electron chi connectivity index (χ0n) is 19.8. The molecule has 1 saturated heterocycles. The van der Waals surface area contributed by atoms with Crippen LogP contribution in [-0.4, -0.2) is 47.3 Å². The number of anilines is 1. The van der Waals surface area contributed by atoms with E-state index in [1.807, 2.05) is 12.1 Å². The van der Waals surface area contributed by atoms with Crippen molar-refractivity contribution in [3.63, 3.8) is 0 Å². The molecular weight excluding hydrogens is 512 g/mol. The molecule has 4 heterocycles. The number of hydrogen-bond acceptors (Lipinski definition) is 10. The largest absolute Gasteiger partial charge is 0.478 e. The van der Waals surface area contributed by atoms with Crippen molar-refractivity contribution in [3.05, 3.63) is 80.4 Å². The topological polar surface area (TPSA) is 152 Å². The van der Waals surface area contributed by atoms with E-state index in [1.54, 1.807) is 35.7 Å². The first kappa shape index (κ1) is 24.9. The van der Waals surface area contributed by atoms with Crippen LogP contribution in [0.3, 0.4) is 0 Å². The van der Waals surface area contributed by atoms with Gasteiger partial charge < -0.3 is 23.9 Å². The van der Waals surface area contributed by atoms with Crippen molar-refractivity contribution < 1.29 is 28.7 Å². The second-order valence-electron chi connectivity index (χ2n) is 8.29. The van der Waals surface area contributed by atoms with Crippen molar-refractivity contribution in [3.8, 4) is 34.3 Å². The lowest BCUT2D eigenvalue weighted by atomic mass is 10.0. The number of nitrogens with zero attached hydrogens (tertiary/aromatic N) is 4. The molecule has 4 aromatic rings. The summed E-state index contributed by atoms with van der Waals surface area (Å²) in [5, 5.41) is 33.8. The van der Waals surface area contributed by atoms with Gasteiger partial charge in [0, 0.05) is 40.8 Å². The second kappa shape index (κ2) is 10.7. The lowest BCUT2D eigenvalue weighted by Gasteiger charge is -2.29. The average molecular weight is 533 g/mol. The van der Waals surface area contributed by atoms with E-state index in [-0.39, 0.29) is 29.5 Å². The summed E-state index contributed by atoms with van der Waals surface area (Å²) in [5.74, 6) is -0.986. The van der Waals surface area contributed by atoms with Crippen LogP contribution in [0, 0.1) is 21.4 Å². The van der Waals surface area contributed by atoms with E-state index in [9.17, 15) is 25.3 Å². The fourth-order valence-corrected chi connectivity index (χ4v) is 4.98. The minimum atomic E-state index is -1.11. The molecule has 1 aromatic carbocycles. The fraction of sp³-hybridized carbons (Fsp3) is 0.192. The maximum atomic E-state index is 12.2. The number of rotatable bonds is 8. The number of carboxylic acid groups (broad SMARTS) is 1. The number of hydrogen-bond donors (Lipinski definition) is 1. The predicted molar refractivity (Wildman–Crippen MR) is 137 cm³/mol. The van der Waals surface area contributed by atoms with E-state index >= 15 is 0 Å². The van der Waals surface area contributed by atoms with Crippen LogP contribution in [0.1, 0.15) is 21.7 Å². The van der Waals surface area contributed by atoms with E-state index in [2.05, 4.69) is 9.88 Å². The first-order valence-electron chi connectivity index (χ1n) is 11.5. The molecule has 0 radical (unpaired) electrons. The third-order valence-corrected chi connectivity index (χ3v) is 6.86. The van der Waals surface area contributed by atoms with Gasteiger partial charge in [-0.15, -0.1) is 11.3 Å². The van der Waals surface area contributed by atoms with Crippen molar-refractivity contribution in [2.75, 3.05) is 31.2 Å². The Morgan fingerprint density at radius 2 is 1.97 bits per heavy atom. The summed E-state index contributed by atoms with van der Waals surface area (Å²) in [7, 11) is 0. The normalized spacial score (nSPS) is 13.2. The Bertz CT molecular complexity index is 1550. The number of carbonyl (C=O) groups is 1. The molecule has 1 fully saturated rings. The van der Waals surface area contributed by atoms with Gasteiger partial charge in [-0.1, -0.05) is 0 Å². The SMILES string of the molecule is N#Cc1occc1-c1ccc(-c2ccc(N3CCOCC3)cc2C(=O)O)nc1OCc1cscc1[N+](=O)[O-]. The monoisotopic (exact) mass is 532 g/mol. The van der Waals surface area contributed by atoms with Crippen molar-refractivity contribution in [1.82, 2.24) is 4.98 Å². The first-order chi connectivity index (χ1) is 18.5. The number of morpholine rings is 1. The van der Waals surface area contributed by atoms with Crippen LogP contribution in [0.15, 0.2) is 57.8 Å². The molecule has 0 unspecified atom stereocenters. The third-order valence-electron chi connectivity index (χ3n) is 6.08. The van der Waals surface area contributed by atoms with Gasteiger partial charge in [-0.25, -0.2) is 9.78 Å². The molecule has 5 rings (SSSR count). The van der Waals surface area contributed by atoms with E-state index < -0.39 is 10.9 Å². The van der Waals surface area contributed by atoms with Gasteiger partial charge in [-0.2, -0.15) is 5.26 Å². The highest BCUT2D eigenvalue weighted by Gasteiger charge is 2.22. The molecule has 0 bridgehead atoms. The molecule has 12 heteroatoms. The molecule has 38 heavy (non-hydrogen) atoms. The van der Waals surface area contributed by atoms with E-state index in [4.69, 9.17) is 13.9 Å². The Morgan fingerprint density at radius 1 is 1.18 bits per heavy atom. The number of carboxylic acids is 1. The molecule has 0 atom stereocenters. The molecule has 11 nitrogen and oxygen atoms in total. The van der Waals surface area contributed by atoms with Gasteiger partial charge in [0.25, 0.3) is 5.69 Å². The number of ether oxygens (including phenoxy) is 2. The minimum absolute atomic E-state index is 0.0482. The van der Waals surface area contributed by atoms with Crippen molar-refractivity contribution in [2.45, 2.75) is 6.61 Å². The van der Waals surface area contributed by atoms with Gasteiger partial charge in [0.05, 0.1) is 46.6 Å². The summed E-state index contributed by atoms with van der Waals surface area (Å²) < 4.78 is 16.6. The maximum Gasteiger partial charge on any atom is 0.336 e.